The highest BCUT2D eigenvalue weighted by Gasteiger charge is 2.28. The minimum Gasteiger partial charge on any atom is -0.379 e. The van der Waals surface area contributed by atoms with E-state index in [4.69, 9.17) is 4.74 Å². The van der Waals surface area contributed by atoms with E-state index in [2.05, 4.69) is 15.1 Å². The summed E-state index contributed by atoms with van der Waals surface area (Å²) < 4.78 is 5.38. The topological polar surface area (TPSA) is 44.8 Å². The van der Waals surface area contributed by atoms with E-state index in [0.29, 0.717) is 6.04 Å². The number of morpholine rings is 1. The van der Waals surface area contributed by atoms with Crippen molar-refractivity contribution in [3.05, 3.63) is 22.4 Å². The van der Waals surface area contributed by atoms with Crippen LogP contribution in [0.4, 0.5) is 0 Å². The molecule has 1 atom stereocenters. The van der Waals surface area contributed by atoms with Gasteiger partial charge in [-0.05, 0) is 24.4 Å². The first-order valence-electron chi connectivity index (χ1n) is 7.70. The van der Waals surface area contributed by atoms with Crippen LogP contribution in [0.1, 0.15) is 16.1 Å². The molecule has 1 unspecified atom stereocenters. The van der Waals surface area contributed by atoms with Gasteiger partial charge in [-0.2, -0.15) is 0 Å². The van der Waals surface area contributed by atoms with Gasteiger partial charge in [-0.1, -0.05) is 6.07 Å². The molecule has 0 spiro atoms. The summed E-state index contributed by atoms with van der Waals surface area (Å²) in [5.74, 6) is 0.187. The van der Waals surface area contributed by atoms with Crippen LogP contribution >= 0.6 is 11.3 Å². The molecule has 3 rings (SSSR count). The Bertz CT molecular complexity index is 440. The van der Waals surface area contributed by atoms with Gasteiger partial charge in [0.15, 0.2) is 0 Å². The van der Waals surface area contributed by atoms with E-state index in [1.165, 1.54) is 11.3 Å². The average Bonchev–Trinajstić information content (AvgIpc) is 3.22. The van der Waals surface area contributed by atoms with E-state index >= 15 is 0 Å². The van der Waals surface area contributed by atoms with E-state index in [-0.39, 0.29) is 5.91 Å². The summed E-state index contributed by atoms with van der Waals surface area (Å²) in [7, 11) is 0. The summed E-state index contributed by atoms with van der Waals surface area (Å²) in [5.41, 5.74) is 0. The fourth-order valence-corrected chi connectivity index (χ4v) is 3.65. The van der Waals surface area contributed by atoms with E-state index in [0.717, 1.165) is 63.8 Å². The van der Waals surface area contributed by atoms with Crippen molar-refractivity contribution in [2.24, 2.45) is 0 Å². The summed E-state index contributed by atoms with van der Waals surface area (Å²) in [6.45, 7) is 7.25. The highest BCUT2D eigenvalue weighted by Crippen LogP contribution is 2.17. The summed E-state index contributed by atoms with van der Waals surface area (Å²) in [6.07, 6.45) is 1.06. The van der Waals surface area contributed by atoms with E-state index in [9.17, 15) is 4.79 Å². The molecule has 2 aliphatic heterocycles. The molecule has 0 bridgehead atoms. The van der Waals surface area contributed by atoms with Crippen LogP contribution in [0.2, 0.25) is 0 Å². The van der Waals surface area contributed by atoms with E-state index < -0.39 is 0 Å². The standard InChI is InChI=1S/C15H23N3O2S/c19-15(14-2-1-11-21-14)18(13-3-4-16-12-13)6-5-17-7-9-20-10-8-17/h1-2,11,13,16H,3-10,12H2. The smallest absolute Gasteiger partial charge is 0.264 e. The Morgan fingerprint density at radius 3 is 3.00 bits per heavy atom. The van der Waals surface area contributed by atoms with Crippen molar-refractivity contribution in [1.82, 2.24) is 15.1 Å². The first kappa shape index (κ1) is 15.0. The first-order chi connectivity index (χ1) is 10.3. The number of hydrogen-bond donors (Lipinski definition) is 1. The molecule has 0 saturated carbocycles. The number of carbonyl (C=O) groups excluding carboxylic acids is 1. The summed E-state index contributed by atoms with van der Waals surface area (Å²) in [6, 6.07) is 4.21. The number of amides is 1. The Morgan fingerprint density at radius 2 is 2.33 bits per heavy atom. The normalized spacial score (nSPS) is 23.3. The summed E-state index contributed by atoms with van der Waals surface area (Å²) in [4.78, 5) is 18.0. The fraction of sp³-hybridized carbons (Fsp3) is 0.667. The molecular formula is C15H23N3O2S. The van der Waals surface area contributed by atoms with Crippen molar-refractivity contribution in [3.8, 4) is 0 Å². The molecule has 1 aromatic rings. The van der Waals surface area contributed by atoms with Crippen LogP contribution in [0.3, 0.4) is 0 Å². The van der Waals surface area contributed by atoms with Crippen LogP contribution in [-0.2, 0) is 4.74 Å². The quantitative estimate of drug-likeness (QED) is 0.877. The molecule has 5 nitrogen and oxygen atoms in total. The van der Waals surface area contributed by atoms with Crippen molar-refractivity contribution in [2.75, 3.05) is 52.5 Å². The molecule has 0 aliphatic carbocycles. The Kier molecular flexibility index (Phi) is 5.24. The molecule has 116 valence electrons. The Balaban J connectivity index is 1.62. The molecule has 6 heteroatoms. The fourth-order valence-electron chi connectivity index (χ4n) is 2.97. The lowest BCUT2D eigenvalue weighted by atomic mass is 10.2. The molecule has 2 aliphatic rings. The number of nitrogens with zero attached hydrogens (tertiary/aromatic N) is 2. The zero-order valence-corrected chi connectivity index (χ0v) is 13.1. The Morgan fingerprint density at radius 1 is 1.48 bits per heavy atom. The van der Waals surface area contributed by atoms with Crippen LogP contribution in [0.15, 0.2) is 17.5 Å². The van der Waals surface area contributed by atoms with Crippen molar-refractivity contribution >= 4 is 17.2 Å². The largest absolute Gasteiger partial charge is 0.379 e. The minimum atomic E-state index is 0.187. The molecule has 3 heterocycles. The van der Waals surface area contributed by atoms with Crippen LogP contribution in [0.5, 0.6) is 0 Å². The lowest BCUT2D eigenvalue weighted by molar-refractivity contribution is 0.0302. The van der Waals surface area contributed by atoms with Gasteiger partial charge in [-0.25, -0.2) is 0 Å². The van der Waals surface area contributed by atoms with Crippen LogP contribution in [0, 0.1) is 0 Å². The third-order valence-corrected chi connectivity index (χ3v) is 5.09. The maximum absolute atomic E-state index is 12.7. The van der Waals surface area contributed by atoms with Gasteiger partial charge in [0, 0.05) is 38.8 Å². The minimum absolute atomic E-state index is 0.187. The predicted octanol–water partition coefficient (Wildman–Crippen LogP) is 0.884. The second kappa shape index (κ2) is 7.35. The number of rotatable bonds is 5. The third kappa shape index (κ3) is 3.83. The van der Waals surface area contributed by atoms with E-state index in [1.807, 2.05) is 17.5 Å². The number of thiophene rings is 1. The van der Waals surface area contributed by atoms with Gasteiger partial charge in [-0.3, -0.25) is 9.69 Å². The highest BCUT2D eigenvalue weighted by atomic mass is 32.1. The average molecular weight is 309 g/mol. The molecule has 21 heavy (non-hydrogen) atoms. The number of carbonyl (C=O) groups is 1. The van der Waals surface area contributed by atoms with E-state index in [1.54, 1.807) is 0 Å². The van der Waals surface area contributed by atoms with Gasteiger partial charge < -0.3 is 15.0 Å². The second-order valence-corrected chi connectivity index (χ2v) is 6.52. The second-order valence-electron chi connectivity index (χ2n) is 5.58. The van der Waals surface area contributed by atoms with Crippen molar-refractivity contribution in [2.45, 2.75) is 12.5 Å². The molecule has 1 aromatic heterocycles. The van der Waals surface area contributed by atoms with Crippen LogP contribution < -0.4 is 5.32 Å². The zero-order valence-electron chi connectivity index (χ0n) is 12.3. The number of hydrogen-bond acceptors (Lipinski definition) is 5. The molecule has 1 N–H and O–H groups in total. The monoisotopic (exact) mass is 309 g/mol. The maximum Gasteiger partial charge on any atom is 0.264 e. The van der Waals surface area contributed by atoms with Crippen molar-refractivity contribution in [3.63, 3.8) is 0 Å². The number of nitrogens with one attached hydrogen (secondary N) is 1. The maximum atomic E-state index is 12.7. The van der Waals surface area contributed by atoms with Crippen LogP contribution in [-0.4, -0.2) is 74.2 Å². The van der Waals surface area contributed by atoms with Gasteiger partial charge in [-0.15, -0.1) is 11.3 Å². The molecule has 0 aromatic carbocycles. The molecule has 1 amide bonds. The van der Waals surface area contributed by atoms with Gasteiger partial charge in [0.25, 0.3) is 5.91 Å². The molecular weight excluding hydrogens is 286 g/mol. The summed E-state index contributed by atoms with van der Waals surface area (Å²) in [5, 5.41) is 5.34. The third-order valence-electron chi connectivity index (χ3n) is 4.23. The van der Waals surface area contributed by atoms with Gasteiger partial charge >= 0.3 is 0 Å². The zero-order chi connectivity index (χ0) is 14.5. The SMILES string of the molecule is O=C(c1cccs1)N(CCN1CCOCC1)C1CCNC1. The Hall–Kier alpha value is -0.950. The van der Waals surface area contributed by atoms with Gasteiger partial charge in [0.1, 0.15) is 0 Å². The lowest BCUT2D eigenvalue weighted by Gasteiger charge is -2.32. The molecule has 2 saturated heterocycles. The van der Waals surface area contributed by atoms with Crippen molar-refractivity contribution in [1.29, 1.82) is 0 Å². The van der Waals surface area contributed by atoms with Crippen LogP contribution in [0.25, 0.3) is 0 Å². The highest BCUT2D eigenvalue weighted by molar-refractivity contribution is 7.12. The predicted molar refractivity (Wildman–Crippen MR) is 83.9 cm³/mol. The lowest BCUT2D eigenvalue weighted by Crippen LogP contribution is -2.47. The molecule has 2 fully saturated rings. The molecule has 0 radical (unpaired) electrons. The van der Waals surface area contributed by atoms with Crippen molar-refractivity contribution < 1.29 is 9.53 Å². The first-order valence-corrected chi connectivity index (χ1v) is 8.58. The summed E-state index contributed by atoms with van der Waals surface area (Å²) >= 11 is 1.53. The van der Waals surface area contributed by atoms with Gasteiger partial charge in [0.2, 0.25) is 0 Å². The number of ether oxygens (including phenoxy) is 1. The van der Waals surface area contributed by atoms with Gasteiger partial charge in [0.05, 0.1) is 18.1 Å². The Labute approximate surface area is 129 Å².